The van der Waals surface area contributed by atoms with Crippen LogP contribution in [0.5, 0.6) is 0 Å². The average Bonchev–Trinajstić information content (AvgIpc) is 3.34. The summed E-state index contributed by atoms with van der Waals surface area (Å²) in [6, 6.07) is 11.9. The van der Waals surface area contributed by atoms with E-state index in [1.807, 2.05) is 16.8 Å². The lowest BCUT2D eigenvalue weighted by molar-refractivity contribution is -0.106. The summed E-state index contributed by atoms with van der Waals surface area (Å²) >= 11 is 12.7. The van der Waals surface area contributed by atoms with Crippen LogP contribution in [-0.4, -0.2) is 15.6 Å². The molecule has 3 aromatic rings. The standard InChI is InChI=1S/C29H30Cl2N2O/c1-16-4-9-21-18(12-16)13-22-27(32-33(28(21)22)25-10-8-20(30)15-24(25)31)26(34)11-6-17-5-7-19-14-23(17)29(19,2)3/h4,8-10,12,15,17,19,23H,5-7,11,13-14H2,1-3H3. The lowest BCUT2D eigenvalue weighted by Crippen LogP contribution is -2.52. The maximum atomic E-state index is 13.6. The minimum atomic E-state index is 0.156. The topological polar surface area (TPSA) is 34.9 Å². The number of rotatable bonds is 5. The van der Waals surface area contributed by atoms with Crippen molar-refractivity contribution in [1.29, 1.82) is 0 Å². The van der Waals surface area contributed by atoms with Gasteiger partial charge in [0.2, 0.25) is 0 Å². The molecule has 3 fully saturated rings. The number of ketones is 1. The molecule has 3 nitrogen and oxygen atoms in total. The largest absolute Gasteiger partial charge is 0.292 e. The fourth-order valence-electron chi connectivity index (χ4n) is 6.98. The normalized spacial score (nSPS) is 23.9. The number of aromatic nitrogens is 2. The molecule has 7 rings (SSSR count). The van der Waals surface area contributed by atoms with Gasteiger partial charge in [-0.05, 0) is 79.5 Å². The summed E-state index contributed by atoms with van der Waals surface area (Å²) in [5, 5.41) is 5.99. The van der Waals surface area contributed by atoms with Crippen molar-refractivity contribution in [2.24, 2.45) is 23.2 Å². The van der Waals surface area contributed by atoms with E-state index in [1.54, 1.807) is 6.07 Å². The van der Waals surface area contributed by atoms with Crippen LogP contribution in [-0.2, 0) is 6.42 Å². The molecule has 3 atom stereocenters. The SMILES string of the molecule is Cc1ccc2c(c1)Cc1c(C(=O)CCC3CCC4CC3C4(C)C)nn(-c3ccc(Cl)cc3Cl)c1-2. The number of Topliss-reactive ketones (excluding diaryl/α,β-unsaturated/α-hetero) is 1. The summed E-state index contributed by atoms with van der Waals surface area (Å²) in [6.45, 7) is 6.95. The average molecular weight is 493 g/mol. The van der Waals surface area contributed by atoms with Crippen LogP contribution in [0.2, 0.25) is 10.0 Å². The van der Waals surface area contributed by atoms with Gasteiger partial charge in [-0.15, -0.1) is 0 Å². The van der Waals surface area contributed by atoms with Gasteiger partial charge in [-0.25, -0.2) is 4.68 Å². The van der Waals surface area contributed by atoms with E-state index in [9.17, 15) is 4.79 Å². The fourth-order valence-corrected chi connectivity index (χ4v) is 7.47. The molecule has 3 unspecified atom stereocenters. The first-order valence-electron chi connectivity index (χ1n) is 12.4. The fraction of sp³-hybridized carbons (Fsp3) is 0.448. The van der Waals surface area contributed by atoms with Crippen LogP contribution in [0.1, 0.15) is 73.1 Å². The third kappa shape index (κ3) is 3.38. The number of carbonyl (C=O) groups excluding carboxylic acids is 1. The second-order valence-corrected chi connectivity index (χ2v) is 12.0. The molecule has 1 aromatic heterocycles. The Hall–Kier alpha value is -2.10. The van der Waals surface area contributed by atoms with E-state index in [0.29, 0.717) is 33.5 Å². The van der Waals surface area contributed by atoms with E-state index < -0.39 is 0 Å². The first kappa shape index (κ1) is 22.4. The van der Waals surface area contributed by atoms with Crippen LogP contribution < -0.4 is 0 Å². The minimum Gasteiger partial charge on any atom is -0.292 e. The van der Waals surface area contributed by atoms with Crippen molar-refractivity contribution in [3.05, 3.63) is 68.8 Å². The van der Waals surface area contributed by atoms with Gasteiger partial charge in [0.15, 0.2) is 5.78 Å². The van der Waals surface area contributed by atoms with Crippen molar-refractivity contribution in [3.63, 3.8) is 0 Å². The van der Waals surface area contributed by atoms with Crippen LogP contribution in [0, 0.1) is 30.1 Å². The Balaban J connectivity index is 1.35. The Kier molecular flexibility index (Phi) is 5.24. The maximum Gasteiger partial charge on any atom is 0.183 e. The molecule has 34 heavy (non-hydrogen) atoms. The first-order chi connectivity index (χ1) is 16.2. The molecule has 2 aromatic carbocycles. The van der Waals surface area contributed by atoms with Crippen molar-refractivity contribution >= 4 is 29.0 Å². The zero-order valence-corrected chi connectivity index (χ0v) is 21.5. The summed E-state index contributed by atoms with van der Waals surface area (Å²) < 4.78 is 1.86. The molecule has 4 aliphatic rings. The summed E-state index contributed by atoms with van der Waals surface area (Å²) in [5.74, 6) is 2.46. The third-order valence-electron chi connectivity index (χ3n) is 9.01. The van der Waals surface area contributed by atoms with Crippen molar-refractivity contribution in [2.45, 2.75) is 59.3 Å². The smallest absolute Gasteiger partial charge is 0.183 e. The van der Waals surface area contributed by atoms with E-state index in [-0.39, 0.29) is 5.78 Å². The highest BCUT2D eigenvalue weighted by molar-refractivity contribution is 6.35. The highest BCUT2D eigenvalue weighted by Crippen LogP contribution is 2.62. The Morgan fingerprint density at radius 3 is 2.71 bits per heavy atom. The highest BCUT2D eigenvalue weighted by atomic mass is 35.5. The number of nitrogens with zero attached hydrogens (tertiary/aromatic N) is 2. The number of carbonyl (C=O) groups is 1. The molecule has 0 aliphatic heterocycles. The molecular weight excluding hydrogens is 463 g/mol. The molecule has 4 aliphatic carbocycles. The Morgan fingerprint density at radius 1 is 1.15 bits per heavy atom. The zero-order chi connectivity index (χ0) is 23.8. The second-order valence-electron chi connectivity index (χ2n) is 11.2. The van der Waals surface area contributed by atoms with Crippen LogP contribution in [0.4, 0.5) is 0 Å². The predicted molar refractivity (Wildman–Crippen MR) is 138 cm³/mol. The van der Waals surface area contributed by atoms with Crippen LogP contribution in [0.15, 0.2) is 36.4 Å². The van der Waals surface area contributed by atoms with Crippen molar-refractivity contribution in [3.8, 4) is 16.9 Å². The molecule has 0 radical (unpaired) electrons. The molecule has 0 N–H and O–H groups in total. The molecule has 5 heteroatoms. The second kappa shape index (κ2) is 7.96. The van der Waals surface area contributed by atoms with E-state index in [2.05, 4.69) is 39.0 Å². The summed E-state index contributed by atoms with van der Waals surface area (Å²) in [6.07, 6.45) is 6.20. The quantitative estimate of drug-likeness (QED) is 0.263. The summed E-state index contributed by atoms with van der Waals surface area (Å²) in [5.41, 5.74) is 7.43. The number of benzene rings is 2. The third-order valence-corrected chi connectivity index (χ3v) is 9.55. The Morgan fingerprint density at radius 2 is 1.97 bits per heavy atom. The molecule has 176 valence electrons. The van der Waals surface area contributed by atoms with Crippen LogP contribution in [0.25, 0.3) is 16.9 Å². The highest BCUT2D eigenvalue weighted by Gasteiger charge is 2.53. The van der Waals surface area contributed by atoms with E-state index >= 15 is 0 Å². The van der Waals surface area contributed by atoms with Crippen LogP contribution in [0.3, 0.4) is 0 Å². The van der Waals surface area contributed by atoms with Gasteiger partial charge in [0.05, 0.1) is 16.4 Å². The molecule has 0 amide bonds. The zero-order valence-electron chi connectivity index (χ0n) is 20.0. The van der Waals surface area contributed by atoms with Gasteiger partial charge in [0, 0.05) is 29.0 Å². The number of hydrogen-bond donors (Lipinski definition) is 0. The van der Waals surface area contributed by atoms with Crippen molar-refractivity contribution in [2.75, 3.05) is 0 Å². The van der Waals surface area contributed by atoms with E-state index in [1.165, 1.54) is 30.4 Å². The predicted octanol–water partition coefficient (Wildman–Crippen LogP) is 8.09. The monoisotopic (exact) mass is 492 g/mol. The number of hydrogen-bond acceptors (Lipinski definition) is 2. The number of aryl methyl sites for hydroxylation is 1. The molecule has 0 saturated heterocycles. The van der Waals surface area contributed by atoms with E-state index in [4.69, 9.17) is 28.3 Å². The van der Waals surface area contributed by atoms with Crippen LogP contribution >= 0.6 is 23.2 Å². The molecule has 3 saturated carbocycles. The molecule has 1 heterocycles. The van der Waals surface area contributed by atoms with Crippen molar-refractivity contribution in [1.82, 2.24) is 9.78 Å². The van der Waals surface area contributed by atoms with Gasteiger partial charge >= 0.3 is 0 Å². The van der Waals surface area contributed by atoms with Gasteiger partial charge < -0.3 is 0 Å². The van der Waals surface area contributed by atoms with Gasteiger partial charge in [0.1, 0.15) is 5.69 Å². The van der Waals surface area contributed by atoms with Gasteiger partial charge in [0.25, 0.3) is 0 Å². The number of fused-ring (bicyclic) bond motifs is 5. The molecular formula is C29H30Cl2N2O. The number of halogens is 2. The van der Waals surface area contributed by atoms with Gasteiger partial charge in [-0.1, -0.05) is 60.8 Å². The van der Waals surface area contributed by atoms with Gasteiger partial charge in [-0.3, -0.25) is 4.79 Å². The molecule has 0 spiro atoms. The minimum absolute atomic E-state index is 0.156. The van der Waals surface area contributed by atoms with E-state index in [0.717, 1.165) is 47.2 Å². The summed E-state index contributed by atoms with van der Waals surface area (Å²) in [4.78, 5) is 13.6. The lowest BCUT2D eigenvalue weighted by atomic mass is 9.45. The summed E-state index contributed by atoms with van der Waals surface area (Å²) in [7, 11) is 0. The first-order valence-corrected chi connectivity index (χ1v) is 13.2. The molecule has 2 bridgehead atoms. The van der Waals surface area contributed by atoms with Crippen molar-refractivity contribution < 1.29 is 4.79 Å². The maximum absolute atomic E-state index is 13.6. The lowest BCUT2D eigenvalue weighted by Gasteiger charge is -2.60. The Labute approximate surface area is 211 Å². The van der Waals surface area contributed by atoms with Gasteiger partial charge in [-0.2, -0.15) is 5.10 Å². The Bertz CT molecular complexity index is 1320.